The summed E-state index contributed by atoms with van der Waals surface area (Å²) in [4.78, 5) is 21.3. The molecule has 27 heavy (non-hydrogen) atoms. The first-order chi connectivity index (χ1) is 13.2. The van der Waals surface area contributed by atoms with Gasteiger partial charge in [-0.25, -0.2) is 9.67 Å². The first-order valence-corrected chi connectivity index (χ1v) is 8.26. The largest absolute Gasteiger partial charge is 0.494 e. The van der Waals surface area contributed by atoms with E-state index in [2.05, 4.69) is 25.6 Å². The van der Waals surface area contributed by atoms with Crippen molar-refractivity contribution in [3.05, 3.63) is 66.1 Å². The second kappa shape index (κ2) is 6.83. The van der Waals surface area contributed by atoms with Crippen molar-refractivity contribution in [1.29, 1.82) is 0 Å². The molecule has 0 unspecified atom stereocenters. The molecule has 2 aromatic carbocycles. The molecule has 0 spiro atoms. The molecule has 2 aromatic heterocycles. The summed E-state index contributed by atoms with van der Waals surface area (Å²) in [5, 5.41) is 10.8. The van der Waals surface area contributed by atoms with Crippen LogP contribution in [-0.2, 0) is 0 Å². The molecule has 8 heteroatoms. The highest BCUT2D eigenvalue weighted by Gasteiger charge is 2.19. The Kier molecular flexibility index (Phi) is 4.21. The summed E-state index contributed by atoms with van der Waals surface area (Å²) in [5.74, 6) is 0.584. The van der Waals surface area contributed by atoms with Crippen LogP contribution >= 0.6 is 0 Å². The van der Waals surface area contributed by atoms with Crippen molar-refractivity contribution in [3.63, 3.8) is 0 Å². The van der Waals surface area contributed by atoms with E-state index in [1.807, 2.05) is 48.5 Å². The molecule has 2 heterocycles. The lowest BCUT2D eigenvalue weighted by Crippen LogP contribution is -2.15. The molecule has 0 bridgehead atoms. The summed E-state index contributed by atoms with van der Waals surface area (Å²) in [6, 6.07) is 14.8. The SMILES string of the molecule is COc1ccccc1-n1nnc(C(=O)Nc2cnc3ccccc3n2)c1C. The highest BCUT2D eigenvalue weighted by atomic mass is 16.5. The molecule has 1 amide bonds. The Morgan fingerprint density at radius 2 is 1.81 bits per heavy atom. The normalized spacial score (nSPS) is 10.7. The van der Waals surface area contributed by atoms with Crippen LogP contribution in [0.15, 0.2) is 54.7 Å². The minimum Gasteiger partial charge on any atom is -0.494 e. The van der Waals surface area contributed by atoms with Crippen molar-refractivity contribution < 1.29 is 9.53 Å². The van der Waals surface area contributed by atoms with E-state index in [0.717, 1.165) is 5.52 Å². The van der Waals surface area contributed by atoms with E-state index in [9.17, 15) is 4.79 Å². The van der Waals surface area contributed by atoms with Crippen LogP contribution in [0.25, 0.3) is 16.7 Å². The van der Waals surface area contributed by atoms with E-state index in [4.69, 9.17) is 4.74 Å². The zero-order valence-corrected chi connectivity index (χ0v) is 14.7. The van der Waals surface area contributed by atoms with Crippen LogP contribution in [0.3, 0.4) is 0 Å². The molecule has 8 nitrogen and oxygen atoms in total. The van der Waals surface area contributed by atoms with Crippen molar-refractivity contribution in [1.82, 2.24) is 25.0 Å². The number of aromatic nitrogens is 5. The summed E-state index contributed by atoms with van der Waals surface area (Å²) in [6.45, 7) is 1.77. The molecule has 0 radical (unpaired) electrons. The summed E-state index contributed by atoms with van der Waals surface area (Å²) in [7, 11) is 1.58. The number of anilines is 1. The molecule has 4 rings (SSSR count). The summed E-state index contributed by atoms with van der Waals surface area (Å²) in [5.41, 5.74) is 2.95. The Balaban J connectivity index is 1.63. The monoisotopic (exact) mass is 360 g/mol. The Morgan fingerprint density at radius 1 is 1.07 bits per heavy atom. The van der Waals surface area contributed by atoms with E-state index in [0.29, 0.717) is 28.5 Å². The first kappa shape index (κ1) is 16.6. The average Bonchev–Trinajstić information content (AvgIpc) is 3.09. The van der Waals surface area contributed by atoms with Crippen LogP contribution in [0.2, 0.25) is 0 Å². The number of carbonyl (C=O) groups is 1. The number of benzene rings is 2. The number of rotatable bonds is 4. The van der Waals surface area contributed by atoms with Gasteiger partial charge in [-0.1, -0.05) is 29.5 Å². The van der Waals surface area contributed by atoms with Crippen molar-refractivity contribution in [3.8, 4) is 11.4 Å². The molecule has 0 aliphatic rings. The zero-order chi connectivity index (χ0) is 18.8. The highest BCUT2D eigenvalue weighted by Crippen LogP contribution is 2.23. The number of carbonyl (C=O) groups excluding carboxylic acids is 1. The third-order valence-corrected chi connectivity index (χ3v) is 4.11. The van der Waals surface area contributed by atoms with Gasteiger partial charge in [-0.05, 0) is 31.2 Å². The van der Waals surface area contributed by atoms with Gasteiger partial charge in [0, 0.05) is 0 Å². The Bertz CT molecular complexity index is 1140. The van der Waals surface area contributed by atoms with E-state index in [1.165, 1.54) is 6.20 Å². The maximum absolute atomic E-state index is 12.6. The number of nitrogens with zero attached hydrogens (tertiary/aromatic N) is 5. The topological polar surface area (TPSA) is 94.8 Å². The second-order valence-corrected chi connectivity index (χ2v) is 5.81. The minimum absolute atomic E-state index is 0.205. The third kappa shape index (κ3) is 3.08. The highest BCUT2D eigenvalue weighted by molar-refractivity contribution is 6.03. The number of hydrogen-bond acceptors (Lipinski definition) is 6. The molecule has 0 saturated heterocycles. The van der Waals surface area contributed by atoms with Gasteiger partial charge in [-0.15, -0.1) is 5.10 Å². The summed E-state index contributed by atoms with van der Waals surface area (Å²) in [6.07, 6.45) is 1.51. The first-order valence-electron chi connectivity index (χ1n) is 8.26. The molecule has 4 aromatic rings. The van der Waals surface area contributed by atoms with E-state index < -0.39 is 5.91 Å². The maximum Gasteiger partial charge on any atom is 0.279 e. The molecule has 0 aliphatic carbocycles. The number of methoxy groups -OCH3 is 1. The number of ether oxygens (including phenoxy) is 1. The number of amides is 1. The molecule has 0 fully saturated rings. The Hall–Kier alpha value is -3.81. The number of fused-ring (bicyclic) bond motifs is 1. The fourth-order valence-electron chi connectivity index (χ4n) is 2.77. The lowest BCUT2D eigenvalue weighted by Gasteiger charge is -2.09. The van der Waals surface area contributed by atoms with Crippen LogP contribution in [-0.4, -0.2) is 38.0 Å². The Morgan fingerprint density at radius 3 is 2.63 bits per heavy atom. The lowest BCUT2D eigenvalue weighted by molar-refractivity contribution is 0.102. The van der Waals surface area contributed by atoms with Gasteiger partial charge in [0.15, 0.2) is 11.5 Å². The van der Waals surface area contributed by atoms with Crippen LogP contribution < -0.4 is 10.1 Å². The van der Waals surface area contributed by atoms with Crippen LogP contribution in [0.4, 0.5) is 5.82 Å². The lowest BCUT2D eigenvalue weighted by atomic mass is 10.2. The standard InChI is InChI=1S/C19H16N6O2/c1-12-18(23-24-25(12)15-9-5-6-10-16(15)27-2)19(26)22-17-11-20-13-7-3-4-8-14(13)21-17/h3-11H,1-2H3,(H,21,22,26). The van der Waals surface area contributed by atoms with Crippen molar-refractivity contribution in [2.24, 2.45) is 0 Å². The fourth-order valence-corrected chi connectivity index (χ4v) is 2.77. The van der Waals surface area contributed by atoms with Gasteiger partial charge in [0.2, 0.25) is 0 Å². The van der Waals surface area contributed by atoms with Crippen LogP contribution in [0.1, 0.15) is 16.2 Å². The maximum atomic E-state index is 12.6. The van der Waals surface area contributed by atoms with Crippen LogP contribution in [0.5, 0.6) is 5.75 Å². The molecule has 1 N–H and O–H groups in total. The number of para-hydroxylation sites is 4. The number of hydrogen-bond donors (Lipinski definition) is 1. The summed E-state index contributed by atoms with van der Waals surface area (Å²) < 4.78 is 6.92. The minimum atomic E-state index is -0.404. The zero-order valence-electron chi connectivity index (χ0n) is 14.7. The van der Waals surface area contributed by atoms with Crippen molar-refractivity contribution in [2.45, 2.75) is 6.92 Å². The predicted octanol–water partition coefficient (Wildman–Crippen LogP) is 2.78. The smallest absolute Gasteiger partial charge is 0.279 e. The third-order valence-electron chi connectivity index (χ3n) is 4.11. The quantitative estimate of drug-likeness (QED) is 0.601. The second-order valence-electron chi connectivity index (χ2n) is 5.81. The van der Waals surface area contributed by atoms with Gasteiger partial charge in [-0.3, -0.25) is 9.78 Å². The van der Waals surface area contributed by atoms with E-state index in [-0.39, 0.29) is 5.69 Å². The Labute approximate surface area is 154 Å². The van der Waals surface area contributed by atoms with Crippen LogP contribution in [0, 0.1) is 6.92 Å². The van der Waals surface area contributed by atoms with E-state index >= 15 is 0 Å². The molecule has 134 valence electrons. The molecule has 0 aliphatic heterocycles. The fraction of sp³-hybridized carbons (Fsp3) is 0.105. The molecule has 0 atom stereocenters. The predicted molar refractivity (Wildman–Crippen MR) is 100 cm³/mol. The van der Waals surface area contributed by atoms with Gasteiger partial charge in [0.05, 0.1) is 30.0 Å². The average molecular weight is 360 g/mol. The molecular formula is C19H16N6O2. The van der Waals surface area contributed by atoms with Crippen molar-refractivity contribution in [2.75, 3.05) is 12.4 Å². The summed E-state index contributed by atoms with van der Waals surface area (Å²) >= 11 is 0. The van der Waals surface area contributed by atoms with Crippen molar-refractivity contribution >= 4 is 22.8 Å². The van der Waals surface area contributed by atoms with Gasteiger partial charge in [-0.2, -0.15) is 0 Å². The van der Waals surface area contributed by atoms with E-state index in [1.54, 1.807) is 18.7 Å². The number of nitrogens with one attached hydrogen (secondary N) is 1. The van der Waals surface area contributed by atoms with Gasteiger partial charge in [0.25, 0.3) is 5.91 Å². The molecular weight excluding hydrogens is 344 g/mol. The van der Waals surface area contributed by atoms with Gasteiger partial charge in [0.1, 0.15) is 11.4 Å². The van der Waals surface area contributed by atoms with Gasteiger partial charge < -0.3 is 10.1 Å². The molecule has 0 saturated carbocycles. The van der Waals surface area contributed by atoms with Gasteiger partial charge >= 0.3 is 0 Å².